The number of hydrogen-bond donors (Lipinski definition) is 0. The van der Waals surface area contributed by atoms with Gasteiger partial charge in [0, 0.05) is 30.7 Å². The van der Waals surface area contributed by atoms with Crippen molar-refractivity contribution in [1.29, 1.82) is 0 Å². The number of Topliss-reactive ketones (excluding diaryl/α,β-unsaturated/α-hetero) is 1. The zero-order valence-electron chi connectivity index (χ0n) is 13.4. The molecule has 1 aromatic carbocycles. The number of benzene rings is 1. The number of hydrogen-bond acceptors (Lipinski definition) is 3. The van der Waals surface area contributed by atoms with Gasteiger partial charge in [0.1, 0.15) is 0 Å². The molecule has 0 radical (unpaired) electrons. The molecule has 2 heterocycles. The van der Waals surface area contributed by atoms with E-state index in [0.29, 0.717) is 12.6 Å². The average molecular weight is 286 g/mol. The van der Waals surface area contributed by atoms with Crippen molar-refractivity contribution >= 4 is 5.78 Å². The third-order valence-electron chi connectivity index (χ3n) is 5.29. The van der Waals surface area contributed by atoms with Gasteiger partial charge in [0.25, 0.3) is 0 Å². The van der Waals surface area contributed by atoms with Crippen LogP contribution in [0.5, 0.6) is 0 Å². The van der Waals surface area contributed by atoms with Gasteiger partial charge in [-0.3, -0.25) is 14.6 Å². The lowest BCUT2D eigenvalue weighted by Gasteiger charge is -2.25. The maximum absolute atomic E-state index is 12.6. The lowest BCUT2D eigenvalue weighted by Crippen LogP contribution is -2.39. The highest BCUT2D eigenvalue weighted by atomic mass is 16.1. The minimum absolute atomic E-state index is 0.275. The van der Waals surface area contributed by atoms with Gasteiger partial charge in [-0.15, -0.1) is 0 Å². The van der Waals surface area contributed by atoms with Crippen molar-refractivity contribution in [3.8, 4) is 0 Å². The Labute approximate surface area is 127 Å². The lowest BCUT2D eigenvalue weighted by atomic mass is 10.0. The summed E-state index contributed by atoms with van der Waals surface area (Å²) in [6.45, 7) is 6.76. The number of ketones is 1. The van der Waals surface area contributed by atoms with Gasteiger partial charge in [0.2, 0.25) is 0 Å². The van der Waals surface area contributed by atoms with E-state index in [9.17, 15) is 4.79 Å². The van der Waals surface area contributed by atoms with Gasteiger partial charge in [-0.2, -0.15) is 0 Å². The first-order valence-corrected chi connectivity index (χ1v) is 8.09. The Morgan fingerprint density at radius 3 is 2.76 bits per heavy atom. The van der Waals surface area contributed by atoms with Gasteiger partial charge >= 0.3 is 0 Å². The Hall–Kier alpha value is -1.19. The molecule has 2 bridgehead atoms. The van der Waals surface area contributed by atoms with Crippen LogP contribution in [-0.2, 0) is 0 Å². The SMILES string of the molecule is Cc1ccc(C)c(C(=O)CN2CCC3CCC(C2)N3C)c1. The van der Waals surface area contributed by atoms with E-state index in [-0.39, 0.29) is 5.78 Å². The first-order chi connectivity index (χ1) is 10.0. The van der Waals surface area contributed by atoms with Crippen LogP contribution in [0.4, 0.5) is 0 Å². The van der Waals surface area contributed by atoms with E-state index in [1.165, 1.54) is 24.8 Å². The summed E-state index contributed by atoms with van der Waals surface area (Å²) in [5, 5.41) is 0. The summed E-state index contributed by atoms with van der Waals surface area (Å²) >= 11 is 0. The standard InChI is InChI=1S/C18H26N2O/c1-13-4-5-14(2)17(10-13)18(21)12-20-9-8-15-6-7-16(11-20)19(15)3/h4-5,10,15-16H,6-9,11-12H2,1-3H3. The summed E-state index contributed by atoms with van der Waals surface area (Å²) in [6, 6.07) is 7.54. The molecule has 0 N–H and O–H groups in total. The summed E-state index contributed by atoms with van der Waals surface area (Å²) < 4.78 is 0. The van der Waals surface area contributed by atoms with E-state index in [1.54, 1.807) is 0 Å². The Morgan fingerprint density at radius 2 is 1.95 bits per heavy atom. The number of aryl methyl sites for hydroxylation is 2. The third kappa shape index (κ3) is 3.04. The molecule has 0 aromatic heterocycles. The number of fused-ring (bicyclic) bond motifs is 2. The fourth-order valence-electron chi connectivity index (χ4n) is 3.85. The van der Waals surface area contributed by atoms with Crippen LogP contribution in [0.25, 0.3) is 0 Å². The Bertz CT molecular complexity index is 540. The molecule has 3 rings (SSSR count). The molecule has 0 saturated carbocycles. The van der Waals surface area contributed by atoms with Crippen LogP contribution in [0, 0.1) is 13.8 Å². The minimum Gasteiger partial charge on any atom is -0.299 e. The molecule has 3 nitrogen and oxygen atoms in total. The van der Waals surface area contributed by atoms with Gasteiger partial charge in [0.05, 0.1) is 6.54 Å². The summed E-state index contributed by atoms with van der Waals surface area (Å²) in [6.07, 6.45) is 3.82. The van der Waals surface area contributed by atoms with Crippen molar-refractivity contribution in [2.24, 2.45) is 0 Å². The Balaban J connectivity index is 1.69. The first-order valence-electron chi connectivity index (χ1n) is 8.09. The van der Waals surface area contributed by atoms with Crippen LogP contribution < -0.4 is 0 Å². The number of likely N-dealkylation sites (tertiary alicyclic amines) is 1. The van der Waals surface area contributed by atoms with Crippen LogP contribution in [0.1, 0.15) is 40.7 Å². The maximum atomic E-state index is 12.6. The predicted octanol–water partition coefficient (Wildman–Crippen LogP) is 2.65. The van der Waals surface area contributed by atoms with Crippen LogP contribution in [0.3, 0.4) is 0 Å². The summed E-state index contributed by atoms with van der Waals surface area (Å²) in [5.74, 6) is 0.275. The van der Waals surface area contributed by atoms with E-state index >= 15 is 0 Å². The molecular formula is C18H26N2O. The van der Waals surface area contributed by atoms with E-state index in [4.69, 9.17) is 0 Å². The highest BCUT2D eigenvalue weighted by Crippen LogP contribution is 2.28. The van der Waals surface area contributed by atoms with Crippen molar-refractivity contribution in [3.63, 3.8) is 0 Å². The number of rotatable bonds is 3. The molecule has 2 aliphatic heterocycles. The van der Waals surface area contributed by atoms with Crippen molar-refractivity contribution in [3.05, 3.63) is 34.9 Å². The predicted molar refractivity (Wildman–Crippen MR) is 85.9 cm³/mol. The quantitative estimate of drug-likeness (QED) is 0.798. The van der Waals surface area contributed by atoms with Crippen molar-refractivity contribution in [1.82, 2.24) is 9.80 Å². The molecular weight excluding hydrogens is 260 g/mol. The normalized spacial score (nSPS) is 26.8. The number of nitrogens with zero attached hydrogens (tertiary/aromatic N) is 2. The molecule has 0 spiro atoms. The summed E-state index contributed by atoms with van der Waals surface area (Å²) in [7, 11) is 2.25. The molecule has 21 heavy (non-hydrogen) atoms. The topological polar surface area (TPSA) is 23.6 Å². The average Bonchev–Trinajstić information content (AvgIpc) is 2.69. The highest BCUT2D eigenvalue weighted by molar-refractivity contribution is 5.99. The number of carbonyl (C=O) groups excluding carboxylic acids is 1. The second kappa shape index (κ2) is 5.90. The van der Waals surface area contributed by atoms with Gasteiger partial charge < -0.3 is 0 Å². The van der Waals surface area contributed by atoms with Gasteiger partial charge in [-0.05, 0) is 51.8 Å². The minimum atomic E-state index is 0.275. The van der Waals surface area contributed by atoms with E-state index in [1.807, 2.05) is 13.0 Å². The third-order valence-corrected chi connectivity index (χ3v) is 5.29. The monoisotopic (exact) mass is 286 g/mol. The molecule has 0 amide bonds. The summed E-state index contributed by atoms with van der Waals surface area (Å²) in [4.78, 5) is 17.5. The van der Waals surface area contributed by atoms with Crippen LogP contribution in [0.15, 0.2) is 18.2 Å². The fourth-order valence-corrected chi connectivity index (χ4v) is 3.85. The van der Waals surface area contributed by atoms with Crippen LogP contribution in [0.2, 0.25) is 0 Å². The largest absolute Gasteiger partial charge is 0.299 e. The Morgan fingerprint density at radius 1 is 1.19 bits per heavy atom. The second-order valence-corrected chi connectivity index (χ2v) is 6.82. The second-order valence-electron chi connectivity index (χ2n) is 6.82. The summed E-state index contributed by atoms with van der Waals surface area (Å²) in [5.41, 5.74) is 3.16. The zero-order valence-corrected chi connectivity index (χ0v) is 13.4. The molecule has 0 aliphatic carbocycles. The molecule has 2 atom stereocenters. The molecule has 3 heteroatoms. The van der Waals surface area contributed by atoms with Gasteiger partial charge in [-0.1, -0.05) is 17.7 Å². The van der Waals surface area contributed by atoms with Crippen LogP contribution in [-0.4, -0.2) is 54.3 Å². The maximum Gasteiger partial charge on any atom is 0.177 e. The molecule has 2 aliphatic rings. The zero-order chi connectivity index (χ0) is 15.0. The number of likely N-dealkylation sites (N-methyl/N-ethyl adjacent to an activating group) is 1. The van der Waals surface area contributed by atoms with E-state index < -0.39 is 0 Å². The molecule has 2 fully saturated rings. The number of carbonyl (C=O) groups is 1. The van der Waals surface area contributed by atoms with Crippen molar-refractivity contribution in [2.75, 3.05) is 26.7 Å². The van der Waals surface area contributed by atoms with Crippen molar-refractivity contribution in [2.45, 2.75) is 45.2 Å². The van der Waals surface area contributed by atoms with Gasteiger partial charge in [0.15, 0.2) is 5.78 Å². The fraction of sp³-hybridized carbons (Fsp3) is 0.611. The first kappa shape index (κ1) is 14.7. The highest BCUT2D eigenvalue weighted by Gasteiger charge is 2.35. The molecule has 114 valence electrons. The Kier molecular flexibility index (Phi) is 4.14. The van der Waals surface area contributed by atoms with Crippen molar-refractivity contribution < 1.29 is 4.79 Å². The van der Waals surface area contributed by atoms with Crippen LogP contribution >= 0.6 is 0 Å². The van der Waals surface area contributed by atoms with E-state index in [2.05, 4.69) is 35.9 Å². The van der Waals surface area contributed by atoms with E-state index in [0.717, 1.165) is 30.3 Å². The smallest absolute Gasteiger partial charge is 0.177 e. The molecule has 2 unspecified atom stereocenters. The molecule has 1 aromatic rings. The molecule has 2 saturated heterocycles. The van der Waals surface area contributed by atoms with Gasteiger partial charge in [-0.25, -0.2) is 0 Å². The lowest BCUT2D eigenvalue weighted by molar-refractivity contribution is 0.0922.